The average molecular weight is 358 g/mol. The van der Waals surface area contributed by atoms with Crippen LogP contribution >= 0.6 is 12.2 Å². The molecule has 2 aromatic rings. The first-order chi connectivity index (χ1) is 12.1. The van der Waals surface area contributed by atoms with E-state index in [-0.39, 0.29) is 11.0 Å². The minimum atomic E-state index is -0.242. The Morgan fingerprint density at radius 3 is 2.36 bits per heavy atom. The van der Waals surface area contributed by atoms with Gasteiger partial charge in [0.2, 0.25) is 0 Å². The van der Waals surface area contributed by atoms with Gasteiger partial charge < -0.3 is 14.8 Å². The van der Waals surface area contributed by atoms with Gasteiger partial charge in [-0.05, 0) is 62.5 Å². The van der Waals surface area contributed by atoms with E-state index in [0.717, 1.165) is 17.0 Å². The van der Waals surface area contributed by atoms with Crippen molar-refractivity contribution in [2.75, 3.05) is 25.1 Å². The van der Waals surface area contributed by atoms with Crippen LogP contribution in [0.15, 0.2) is 48.5 Å². The molecule has 5 nitrogen and oxygen atoms in total. The zero-order valence-corrected chi connectivity index (χ0v) is 15.2. The Kier molecular flexibility index (Phi) is 7.37. The number of anilines is 1. The fraction of sp³-hybridized carbons (Fsp3) is 0.263. The quantitative estimate of drug-likeness (QED) is 0.586. The summed E-state index contributed by atoms with van der Waals surface area (Å²) in [4.78, 5) is 12.1. The third-order valence-corrected chi connectivity index (χ3v) is 3.56. The summed E-state index contributed by atoms with van der Waals surface area (Å²) in [6.45, 7) is 5.66. The smallest absolute Gasteiger partial charge is 0.257 e. The van der Waals surface area contributed by atoms with Crippen LogP contribution in [-0.4, -0.2) is 30.8 Å². The SMILES string of the molecule is CCOCCOc1ccc(NC(=S)NC(=O)c2ccc(C)cc2)cc1. The maximum absolute atomic E-state index is 12.1. The summed E-state index contributed by atoms with van der Waals surface area (Å²) in [6, 6.07) is 14.6. The van der Waals surface area contributed by atoms with Crippen molar-refractivity contribution in [1.29, 1.82) is 0 Å². The molecule has 1 amide bonds. The number of hydrogen-bond donors (Lipinski definition) is 2. The maximum Gasteiger partial charge on any atom is 0.257 e. The molecule has 0 aliphatic carbocycles. The highest BCUT2D eigenvalue weighted by Gasteiger charge is 2.07. The van der Waals surface area contributed by atoms with Gasteiger partial charge in [0.1, 0.15) is 12.4 Å². The van der Waals surface area contributed by atoms with Gasteiger partial charge in [-0.15, -0.1) is 0 Å². The van der Waals surface area contributed by atoms with Gasteiger partial charge in [-0.1, -0.05) is 17.7 Å². The molecule has 6 heteroatoms. The van der Waals surface area contributed by atoms with Crippen molar-refractivity contribution >= 4 is 28.9 Å². The molecule has 25 heavy (non-hydrogen) atoms. The van der Waals surface area contributed by atoms with Crippen LogP contribution in [0.4, 0.5) is 5.69 Å². The standard InChI is InChI=1S/C19H22N2O3S/c1-3-23-12-13-24-17-10-8-16(9-11-17)20-19(25)21-18(22)15-6-4-14(2)5-7-15/h4-11H,3,12-13H2,1-2H3,(H2,20,21,22,25). The van der Waals surface area contributed by atoms with Crippen LogP contribution in [0, 0.1) is 6.92 Å². The van der Waals surface area contributed by atoms with Crippen LogP contribution in [0.3, 0.4) is 0 Å². The second-order valence-corrected chi connectivity index (χ2v) is 5.75. The molecule has 0 atom stereocenters. The number of hydrogen-bond acceptors (Lipinski definition) is 4. The molecule has 2 aromatic carbocycles. The van der Waals surface area contributed by atoms with E-state index in [1.807, 2.05) is 50.2 Å². The Hall–Kier alpha value is -2.44. The van der Waals surface area contributed by atoms with Gasteiger partial charge in [-0.3, -0.25) is 10.1 Å². The molecule has 0 heterocycles. The average Bonchev–Trinajstić information content (AvgIpc) is 2.60. The lowest BCUT2D eigenvalue weighted by Crippen LogP contribution is -2.34. The third-order valence-electron chi connectivity index (χ3n) is 3.35. The number of amides is 1. The predicted octanol–water partition coefficient (Wildman–Crippen LogP) is 3.54. The minimum absolute atomic E-state index is 0.242. The Morgan fingerprint density at radius 2 is 1.72 bits per heavy atom. The van der Waals surface area contributed by atoms with E-state index in [1.165, 1.54) is 0 Å². The van der Waals surface area contributed by atoms with Crippen LogP contribution in [-0.2, 0) is 4.74 Å². The summed E-state index contributed by atoms with van der Waals surface area (Å²) >= 11 is 5.18. The first-order valence-electron chi connectivity index (χ1n) is 8.08. The monoisotopic (exact) mass is 358 g/mol. The number of aryl methyl sites for hydroxylation is 1. The fourth-order valence-electron chi connectivity index (χ4n) is 2.04. The molecule has 0 saturated heterocycles. The second-order valence-electron chi connectivity index (χ2n) is 5.34. The minimum Gasteiger partial charge on any atom is -0.491 e. The van der Waals surface area contributed by atoms with Gasteiger partial charge >= 0.3 is 0 Å². The molecule has 132 valence electrons. The second kappa shape index (κ2) is 9.76. The molecule has 0 bridgehead atoms. The fourth-order valence-corrected chi connectivity index (χ4v) is 2.25. The van der Waals surface area contributed by atoms with Gasteiger partial charge in [0.05, 0.1) is 6.61 Å². The maximum atomic E-state index is 12.1. The van der Waals surface area contributed by atoms with Crippen molar-refractivity contribution < 1.29 is 14.3 Å². The zero-order chi connectivity index (χ0) is 18.1. The topological polar surface area (TPSA) is 59.6 Å². The highest BCUT2D eigenvalue weighted by atomic mass is 32.1. The Balaban J connectivity index is 1.81. The predicted molar refractivity (Wildman–Crippen MR) is 103 cm³/mol. The van der Waals surface area contributed by atoms with E-state index in [9.17, 15) is 4.79 Å². The summed E-state index contributed by atoms with van der Waals surface area (Å²) in [5.74, 6) is 0.508. The van der Waals surface area contributed by atoms with Crippen molar-refractivity contribution in [2.24, 2.45) is 0 Å². The molecule has 0 fully saturated rings. The zero-order valence-electron chi connectivity index (χ0n) is 14.4. The number of nitrogens with one attached hydrogen (secondary N) is 2. The molecule has 2 rings (SSSR count). The van der Waals surface area contributed by atoms with E-state index in [2.05, 4.69) is 10.6 Å². The van der Waals surface area contributed by atoms with E-state index in [1.54, 1.807) is 12.1 Å². The van der Waals surface area contributed by atoms with Crippen molar-refractivity contribution in [2.45, 2.75) is 13.8 Å². The number of ether oxygens (including phenoxy) is 2. The van der Waals surface area contributed by atoms with Crippen molar-refractivity contribution in [3.05, 3.63) is 59.7 Å². The largest absolute Gasteiger partial charge is 0.491 e. The molecular weight excluding hydrogens is 336 g/mol. The van der Waals surface area contributed by atoms with Crippen molar-refractivity contribution in [3.63, 3.8) is 0 Å². The molecular formula is C19H22N2O3S. The molecule has 0 aliphatic rings. The van der Waals surface area contributed by atoms with Crippen molar-refractivity contribution in [1.82, 2.24) is 5.32 Å². The molecule has 0 unspecified atom stereocenters. The lowest BCUT2D eigenvalue weighted by molar-refractivity contribution is 0.0977. The summed E-state index contributed by atoms with van der Waals surface area (Å²) < 4.78 is 10.8. The Morgan fingerprint density at radius 1 is 1.04 bits per heavy atom. The van der Waals surface area contributed by atoms with E-state index < -0.39 is 0 Å². The van der Waals surface area contributed by atoms with Crippen LogP contribution in [0.2, 0.25) is 0 Å². The van der Waals surface area contributed by atoms with E-state index in [4.69, 9.17) is 21.7 Å². The van der Waals surface area contributed by atoms with Gasteiger partial charge in [0, 0.05) is 17.9 Å². The Labute approximate surface area is 153 Å². The summed E-state index contributed by atoms with van der Waals surface area (Å²) in [5.41, 5.74) is 2.43. The molecule has 0 aliphatic heterocycles. The van der Waals surface area contributed by atoms with Gasteiger partial charge in [-0.2, -0.15) is 0 Å². The summed E-state index contributed by atoms with van der Waals surface area (Å²) in [5, 5.41) is 5.88. The molecule has 0 saturated carbocycles. The highest BCUT2D eigenvalue weighted by molar-refractivity contribution is 7.80. The molecule has 0 radical (unpaired) electrons. The summed E-state index contributed by atoms with van der Waals surface area (Å²) in [6.07, 6.45) is 0. The van der Waals surface area contributed by atoms with Gasteiger partial charge in [-0.25, -0.2) is 0 Å². The number of thiocarbonyl (C=S) groups is 1. The van der Waals surface area contributed by atoms with Crippen LogP contribution in [0.1, 0.15) is 22.8 Å². The van der Waals surface area contributed by atoms with E-state index >= 15 is 0 Å². The number of carbonyl (C=O) groups excluding carboxylic acids is 1. The normalized spacial score (nSPS) is 10.2. The molecule has 0 aromatic heterocycles. The number of benzene rings is 2. The first-order valence-corrected chi connectivity index (χ1v) is 8.49. The number of carbonyl (C=O) groups is 1. The summed E-state index contributed by atoms with van der Waals surface area (Å²) in [7, 11) is 0. The van der Waals surface area contributed by atoms with Crippen molar-refractivity contribution in [3.8, 4) is 5.75 Å². The molecule has 2 N–H and O–H groups in total. The third kappa shape index (κ3) is 6.52. The Bertz CT molecular complexity index is 700. The number of rotatable bonds is 7. The lowest BCUT2D eigenvalue weighted by Gasteiger charge is -2.11. The highest BCUT2D eigenvalue weighted by Crippen LogP contribution is 2.15. The van der Waals surface area contributed by atoms with E-state index in [0.29, 0.717) is 25.4 Å². The first kappa shape index (κ1) is 18.9. The van der Waals surface area contributed by atoms with Crippen LogP contribution < -0.4 is 15.4 Å². The lowest BCUT2D eigenvalue weighted by atomic mass is 10.1. The van der Waals surface area contributed by atoms with Crippen LogP contribution in [0.5, 0.6) is 5.75 Å². The van der Waals surface area contributed by atoms with Crippen LogP contribution in [0.25, 0.3) is 0 Å². The van der Waals surface area contributed by atoms with Gasteiger partial charge in [0.15, 0.2) is 5.11 Å². The van der Waals surface area contributed by atoms with Gasteiger partial charge in [0.25, 0.3) is 5.91 Å². The molecule has 0 spiro atoms.